The number of allylic oxidation sites excluding steroid dienone is 2. The van der Waals surface area contributed by atoms with Gasteiger partial charge in [0.25, 0.3) is 0 Å². The third-order valence-electron chi connectivity index (χ3n) is 3.56. The number of halogens is 3. The van der Waals surface area contributed by atoms with E-state index in [1.54, 1.807) is 24.3 Å². The first-order valence-electron chi connectivity index (χ1n) is 6.93. The van der Waals surface area contributed by atoms with Gasteiger partial charge in [-0.1, -0.05) is 24.3 Å². The SMILES string of the molecule is COc1ccc(/C(C)=C(/c2ccc(OC)cc2)C(F)(F)F)cc1. The fraction of sp³-hybridized carbons (Fsp3) is 0.222. The van der Waals surface area contributed by atoms with E-state index in [4.69, 9.17) is 9.47 Å². The quantitative estimate of drug-likeness (QED) is 0.721. The number of benzene rings is 2. The number of hydrogen-bond acceptors (Lipinski definition) is 2. The van der Waals surface area contributed by atoms with Gasteiger partial charge in [-0.05, 0) is 47.9 Å². The average molecular weight is 322 g/mol. The second-order valence-electron chi connectivity index (χ2n) is 4.95. The van der Waals surface area contributed by atoms with E-state index in [2.05, 4.69) is 0 Å². The minimum Gasteiger partial charge on any atom is -0.497 e. The van der Waals surface area contributed by atoms with Gasteiger partial charge in [-0.15, -0.1) is 0 Å². The van der Waals surface area contributed by atoms with Crippen molar-refractivity contribution < 1.29 is 22.6 Å². The molecule has 2 aromatic rings. The van der Waals surface area contributed by atoms with Crippen LogP contribution < -0.4 is 9.47 Å². The molecular formula is C18H17F3O2. The average Bonchev–Trinajstić information content (AvgIpc) is 2.54. The van der Waals surface area contributed by atoms with Gasteiger partial charge in [0.15, 0.2) is 0 Å². The molecule has 2 rings (SSSR count). The Morgan fingerprint density at radius 2 is 1.13 bits per heavy atom. The van der Waals surface area contributed by atoms with Crippen LogP contribution in [-0.4, -0.2) is 20.4 Å². The molecule has 0 saturated carbocycles. The molecule has 0 saturated heterocycles. The number of methoxy groups -OCH3 is 2. The Bertz CT molecular complexity index is 684. The molecule has 0 aliphatic carbocycles. The van der Waals surface area contributed by atoms with Crippen molar-refractivity contribution in [2.45, 2.75) is 13.1 Å². The molecular weight excluding hydrogens is 305 g/mol. The molecule has 0 spiro atoms. The molecule has 0 radical (unpaired) electrons. The van der Waals surface area contributed by atoms with Gasteiger partial charge in [0, 0.05) is 0 Å². The van der Waals surface area contributed by atoms with E-state index in [1.165, 1.54) is 45.4 Å². The standard InChI is InChI=1S/C18H17F3O2/c1-12(13-4-8-15(22-2)9-5-13)17(18(19,20)21)14-6-10-16(23-3)11-7-14/h4-11H,1-3H3/b17-12-. The Morgan fingerprint density at radius 1 is 0.739 bits per heavy atom. The summed E-state index contributed by atoms with van der Waals surface area (Å²) in [6, 6.07) is 12.4. The molecule has 0 amide bonds. The second kappa shape index (κ2) is 6.77. The van der Waals surface area contributed by atoms with Crippen molar-refractivity contribution in [3.8, 4) is 11.5 Å². The molecule has 0 heterocycles. The topological polar surface area (TPSA) is 18.5 Å². The van der Waals surface area contributed by atoms with E-state index in [0.717, 1.165) is 0 Å². The Balaban J connectivity index is 2.54. The van der Waals surface area contributed by atoms with E-state index in [-0.39, 0.29) is 11.1 Å². The molecule has 23 heavy (non-hydrogen) atoms. The highest BCUT2D eigenvalue weighted by Gasteiger charge is 2.36. The number of hydrogen-bond donors (Lipinski definition) is 0. The van der Waals surface area contributed by atoms with Gasteiger partial charge < -0.3 is 9.47 Å². The summed E-state index contributed by atoms with van der Waals surface area (Å²) in [7, 11) is 2.98. The molecule has 0 aliphatic rings. The molecule has 0 aliphatic heterocycles. The summed E-state index contributed by atoms with van der Waals surface area (Å²) in [5, 5.41) is 0. The monoisotopic (exact) mass is 322 g/mol. The van der Waals surface area contributed by atoms with Crippen LogP contribution in [0.2, 0.25) is 0 Å². The van der Waals surface area contributed by atoms with Gasteiger partial charge >= 0.3 is 6.18 Å². The van der Waals surface area contributed by atoms with Gasteiger partial charge in [0.05, 0.1) is 19.8 Å². The predicted molar refractivity (Wildman–Crippen MR) is 84.5 cm³/mol. The van der Waals surface area contributed by atoms with Crippen molar-refractivity contribution in [2.24, 2.45) is 0 Å². The van der Waals surface area contributed by atoms with Crippen LogP contribution in [0.15, 0.2) is 48.5 Å². The summed E-state index contributed by atoms with van der Waals surface area (Å²) in [6.45, 7) is 1.47. The number of alkyl halides is 3. The molecule has 0 aromatic heterocycles. The molecule has 0 atom stereocenters. The lowest BCUT2D eigenvalue weighted by atomic mass is 9.95. The highest BCUT2D eigenvalue weighted by atomic mass is 19.4. The van der Waals surface area contributed by atoms with Gasteiger partial charge in [0.2, 0.25) is 0 Å². The molecule has 2 nitrogen and oxygen atoms in total. The first-order chi connectivity index (χ1) is 10.9. The molecule has 122 valence electrons. The van der Waals surface area contributed by atoms with Crippen molar-refractivity contribution in [3.63, 3.8) is 0 Å². The largest absolute Gasteiger partial charge is 0.497 e. The summed E-state index contributed by atoms with van der Waals surface area (Å²) in [5.74, 6) is 1.11. The third kappa shape index (κ3) is 3.86. The number of ether oxygens (including phenoxy) is 2. The van der Waals surface area contributed by atoms with Gasteiger partial charge in [0.1, 0.15) is 11.5 Å². The zero-order chi connectivity index (χ0) is 17.0. The predicted octanol–water partition coefficient (Wildman–Crippen LogP) is 5.20. The summed E-state index contributed by atoms with van der Waals surface area (Å²) in [5.41, 5.74) is 0.0937. The molecule has 0 fully saturated rings. The van der Waals surface area contributed by atoms with Crippen LogP contribution in [0.3, 0.4) is 0 Å². The van der Waals surface area contributed by atoms with Crippen molar-refractivity contribution in [2.75, 3.05) is 14.2 Å². The number of rotatable bonds is 4. The van der Waals surface area contributed by atoms with Crippen LogP contribution >= 0.6 is 0 Å². The van der Waals surface area contributed by atoms with Gasteiger partial charge in [-0.25, -0.2) is 0 Å². The molecule has 0 unspecified atom stereocenters. The Morgan fingerprint density at radius 3 is 1.48 bits per heavy atom. The van der Waals surface area contributed by atoms with E-state index in [9.17, 15) is 13.2 Å². The smallest absolute Gasteiger partial charge is 0.417 e. The Kier molecular flexibility index (Phi) is 4.98. The van der Waals surface area contributed by atoms with Crippen LogP contribution in [-0.2, 0) is 0 Å². The van der Waals surface area contributed by atoms with Gasteiger partial charge in [-0.3, -0.25) is 0 Å². The van der Waals surface area contributed by atoms with E-state index < -0.39 is 11.7 Å². The van der Waals surface area contributed by atoms with E-state index in [0.29, 0.717) is 17.1 Å². The van der Waals surface area contributed by atoms with Gasteiger partial charge in [-0.2, -0.15) is 13.2 Å². The fourth-order valence-corrected chi connectivity index (χ4v) is 2.34. The van der Waals surface area contributed by atoms with E-state index in [1.807, 2.05) is 0 Å². The van der Waals surface area contributed by atoms with Crippen LogP contribution in [0.1, 0.15) is 18.1 Å². The maximum absolute atomic E-state index is 13.6. The van der Waals surface area contributed by atoms with Crippen LogP contribution in [0.25, 0.3) is 11.1 Å². The van der Waals surface area contributed by atoms with E-state index >= 15 is 0 Å². The summed E-state index contributed by atoms with van der Waals surface area (Å²) in [4.78, 5) is 0. The van der Waals surface area contributed by atoms with Crippen molar-refractivity contribution >= 4 is 11.1 Å². The maximum atomic E-state index is 13.6. The zero-order valence-electron chi connectivity index (χ0n) is 13.1. The normalized spacial score (nSPS) is 12.6. The van der Waals surface area contributed by atoms with Crippen molar-refractivity contribution in [1.82, 2.24) is 0 Å². The van der Waals surface area contributed by atoms with Crippen molar-refractivity contribution in [1.29, 1.82) is 0 Å². The Hall–Kier alpha value is -2.43. The van der Waals surface area contributed by atoms with Crippen LogP contribution in [0.4, 0.5) is 13.2 Å². The minimum atomic E-state index is -4.46. The Labute approximate surface area is 133 Å². The zero-order valence-corrected chi connectivity index (χ0v) is 13.1. The lowest BCUT2D eigenvalue weighted by Gasteiger charge is -2.17. The first kappa shape index (κ1) is 16.9. The highest BCUT2D eigenvalue weighted by Crippen LogP contribution is 2.40. The van der Waals surface area contributed by atoms with Crippen LogP contribution in [0.5, 0.6) is 11.5 Å². The molecule has 0 bridgehead atoms. The molecule has 5 heteroatoms. The van der Waals surface area contributed by atoms with Crippen molar-refractivity contribution in [3.05, 3.63) is 59.7 Å². The first-order valence-corrected chi connectivity index (χ1v) is 6.93. The fourth-order valence-electron chi connectivity index (χ4n) is 2.34. The highest BCUT2D eigenvalue weighted by molar-refractivity contribution is 5.92. The lowest BCUT2D eigenvalue weighted by molar-refractivity contribution is -0.0685. The summed E-state index contributed by atoms with van der Waals surface area (Å²) < 4.78 is 50.7. The maximum Gasteiger partial charge on any atom is 0.417 e. The van der Waals surface area contributed by atoms with Crippen LogP contribution in [0, 0.1) is 0 Å². The second-order valence-corrected chi connectivity index (χ2v) is 4.95. The molecule has 0 N–H and O–H groups in total. The summed E-state index contributed by atoms with van der Waals surface area (Å²) in [6.07, 6.45) is -4.46. The third-order valence-corrected chi connectivity index (χ3v) is 3.56. The minimum absolute atomic E-state index is 0.103. The lowest BCUT2D eigenvalue weighted by Crippen LogP contribution is -2.12. The molecule has 2 aromatic carbocycles. The summed E-state index contributed by atoms with van der Waals surface area (Å²) >= 11 is 0.